The number of ether oxygens (including phenoxy) is 8. The van der Waals surface area contributed by atoms with E-state index in [1.54, 1.807) is 68.6 Å². The molecule has 0 aliphatic rings. The largest absolute Gasteiger partial charge is 0.496 e. The molecule has 0 saturated carbocycles. The maximum Gasteiger partial charge on any atom is 0.308 e. The van der Waals surface area contributed by atoms with Gasteiger partial charge < -0.3 is 48.1 Å². The Kier molecular flexibility index (Phi) is 13.0. The van der Waals surface area contributed by atoms with E-state index in [9.17, 15) is 19.8 Å². The molecule has 0 bridgehead atoms. The van der Waals surface area contributed by atoms with Crippen LogP contribution in [0.2, 0.25) is 0 Å². The van der Waals surface area contributed by atoms with Gasteiger partial charge in [-0.2, -0.15) is 0 Å². The molecule has 0 fully saturated rings. The summed E-state index contributed by atoms with van der Waals surface area (Å²) in [5.74, 6) is 1.95. The fourth-order valence-electron chi connectivity index (χ4n) is 6.40. The lowest BCUT2D eigenvalue weighted by atomic mass is 9.91. The average Bonchev–Trinajstić information content (AvgIpc) is 3.09. The maximum atomic E-state index is 12.0. The van der Waals surface area contributed by atoms with Crippen LogP contribution in [0.25, 0.3) is 32.7 Å². The standard InChI is InChI=1S/C38H46O12/c1-9-49-31(41)19-23(39)15-21-17-29(43-3)33-27(35(21)45-5)13-11-25(37(33)47-7)26-12-14-28-34(38(26)48-8)30(44-4)18-22(36(28)46-6)16-24(40)20-32(42)50-10-2/h11-14,17-18,23-24,39-40H,9-10,15-16,19-20H2,1-8H3. The third-order valence-corrected chi connectivity index (χ3v) is 8.36. The second-order valence-corrected chi connectivity index (χ2v) is 11.4. The van der Waals surface area contributed by atoms with Crippen molar-refractivity contribution in [3.05, 3.63) is 47.5 Å². The minimum atomic E-state index is -0.999. The summed E-state index contributed by atoms with van der Waals surface area (Å²) in [6.07, 6.45) is -2.07. The predicted octanol–water partition coefficient (Wildman–Crippen LogP) is 5.42. The fourth-order valence-corrected chi connectivity index (χ4v) is 6.40. The van der Waals surface area contributed by atoms with Crippen LogP contribution in [0.15, 0.2) is 36.4 Å². The molecule has 0 amide bonds. The highest BCUT2D eigenvalue weighted by atomic mass is 16.5. The van der Waals surface area contributed by atoms with Gasteiger partial charge in [0.1, 0.15) is 34.5 Å². The first-order valence-electron chi connectivity index (χ1n) is 16.3. The smallest absolute Gasteiger partial charge is 0.308 e. The molecule has 2 N–H and O–H groups in total. The summed E-state index contributed by atoms with van der Waals surface area (Å²) in [6, 6.07) is 11.1. The van der Waals surface area contributed by atoms with Crippen LogP contribution in [0.1, 0.15) is 37.8 Å². The Morgan fingerprint density at radius 2 is 0.920 bits per heavy atom. The van der Waals surface area contributed by atoms with Gasteiger partial charge in [0.15, 0.2) is 0 Å². The molecule has 0 spiro atoms. The van der Waals surface area contributed by atoms with E-state index in [0.29, 0.717) is 78.3 Å². The number of carbonyl (C=O) groups excluding carboxylic acids is 2. The summed E-state index contributed by atoms with van der Waals surface area (Å²) < 4.78 is 45.5. The Morgan fingerprint density at radius 3 is 1.22 bits per heavy atom. The van der Waals surface area contributed by atoms with Crippen LogP contribution in [0.4, 0.5) is 0 Å². The molecule has 50 heavy (non-hydrogen) atoms. The number of hydrogen-bond acceptors (Lipinski definition) is 12. The summed E-state index contributed by atoms with van der Waals surface area (Å²) in [5, 5.41) is 24.0. The van der Waals surface area contributed by atoms with Gasteiger partial charge in [-0.15, -0.1) is 0 Å². The van der Waals surface area contributed by atoms with Crippen molar-refractivity contribution < 1.29 is 57.7 Å². The van der Waals surface area contributed by atoms with Gasteiger partial charge in [-0.3, -0.25) is 9.59 Å². The minimum absolute atomic E-state index is 0.125. The summed E-state index contributed by atoms with van der Waals surface area (Å²) in [4.78, 5) is 24.0. The zero-order valence-electron chi connectivity index (χ0n) is 29.8. The molecule has 4 rings (SSSR count). The molecule has 0 aliphatic carbocycles. The zero-order chi connectivity index (χ0) is 36.5. The van der Waals surface area contributed by atoms with E-state index < -0.39 is 24.1 Å². The Balaban J connectivity index is 1.90. The summed E-state index contributed by atoms with van der Waals surface area (Å²) in [6.45, 7) is 3.88. The predicted molar refractivity (Wildman–Crippen MR) is 188 cm³/mol. The third-order valence-electron chi connectivity index (χ3n) is 8.36. The normalized spacial score (nSPS) is 12.3. The first-order chi connectivity index (χ1) is 24.1. The van der Waals surface area contributed by atoms with Gasteiger partial charge in [0.25, 0.3) is 0 Å². The number of rotatable bonds is 17. The highest BCUT2D eigenvalue weighted by Gasteiger charge is 2.27. The number of aliphatic hydroxyl groups excluding tert-OH is 2. The van der Waals surface area contributed by atoms with Crippen molar-refractivity contribution in [3.63, 3.8) is 0 Å². The molecule has 0 heterocycles. The lowest BCUT2D eigenvalue weighted by molar-refractivity contribution is -0.146. The van der Waals surface area contributed by atoms with Gasteiger partial charge in [-0.1, -0.05) is 0 Å². The number of aliphatic hydroxyl groups is 2. The van der Waals surface area contributed by atoms with Crippen LogP contribution in [0.5, 0.6) is 34.5 Å². The molecule has 12 heteroatoms. The number of methoxy groups -OCH3 is 6. The Bertz CT molecular complexity index is 1700. The second-order valence-electron chi connectivity index (χ2n) is 11.4. The molecule has 2 unspecified atom stereocenters. The lowest BCUT2D eigenvalue weighted by Crippen LogP contribution is -2.18. The summed E-state index contributed by atoms with van der Waals surface area (Å²) >= 11 is 0. The number of esters is 2. The Hall–Kier alpha value is -4.94. The number of hydrogen-bond donors (Lipinski definition) is 2. The molecular formula is C38H46O12. The van der Waals surface area contributed by atoms with Gasteiger partial charge in [-0.05, 0) is 50.2 Å². The monoisotopic (exact) mass is 694 g/mol. The number of carbonyl (C=O) groups is 2. The van der Waals surface area contributed by atoms with Crippen molar-refractivity contribution in [3.8, 4) is 45.6 Å². The van der Waals surface area contributed by atoms with Crippen molar-refractivity contribution in [1.82, 2.24) is 0 Å². The average molecular weight is 695 g/mol. The fraction of sp³-hybridized carbons (Fsp3) is 0.421. The van der Waals surface area contributed by atoms with Crippen molar-refractivity contribution in [2.75, 3.05) is 55.9 Å². The second kappa shape index (κ2) is 17.1. The lowest BCUT2D eigenvalue weighted by Gasteiger charge is -2.22. The quantitative estimate of drug-likeness (QED) is 0.136. The van der Waals surface area contributed by atoms with Crippen molar-refractivity contribution in [2.45, 2.75) is 51.7 Å². The van der Waals surface area contributed by atoms with Crippen LogP contribution < -0.4 is 28.4 Å². The first-order valence-corrected chi connectivity index (χ1v) is 16.3. The molecule has 0 aromatic heterocycles. The highest BCUT2D eigenvalue weighted by Crippen LogP contribution is 2.51. The molecule has 270 valence electrons. The number of fused-ring (bicyclic) bond motifs is 2. The van der Waals surface area contributed by atoms with Crippen molar-refractivity contribution in [2.24, 2.45) is 0 Å². The Morgan fingerprint density at radius 1 is 0.560 bits per heavy atom. The molecule has 4 aromatic carbocycles. The molecular weight excluding hydrogens is 648 g/mol. The molecule has 0 aliphatic heterocycles. The van der Waals surface area contributed by atoms with E-state index in [4.69, 9.17) is 37.9 Å². The highest BCUT2D eigenvalue weighted by molar-refractivity contribution is 6.07. The maximum absolute atomic E-state index is 12.0. The Labute approximate surface area is 291 Å². The van der Waals surface area contributed by atoms with Gasteiger partial charge >= 0.3 is 11.9 Å². The molecule has 2 atom stereocenters. The molecule has 0 radical (unpaired) electrons. The van der Waals surface area contributed by atoms with E-state index in [1.807, 2.05) is 24.3 Å². The van der Waals surface area contributed by atoms with E-state index in [1.165, 1.54) is 0 Å². The van der Waals surface area contributed by atoms with Crippen LogP contribution in [-0.2, 0) is 31.9 Å². The summed E-state index contributed by atoms with van der Waals surface area (Å²) in [5.41, 5.74) is 2.66. The van der Waals surface area contributed by atoms with Crippen LogP contribution in [0, 0.1) is 0 Å². The third kappa shape index (κ3) is 7.76. The topological polar surface area (TPSA) is 148 Å². The van der Waals surface area contributed by atoms with Crippen molar-refractivity contribution in [1.29, 1.82) is 0 Å². The SMILES string of the molecule is CCOC(=O)CC(O)Cc1cc(OC)c2c(OC)c(-c3ccc4c(OC)c(CC(O)CC(=O)OCC)cc(OC)c4c3OC)ccc2c1OC. The minimum Gasteiger partial charge on any atom is -0.496 e. The molecule has 0 saturated heterocycles. The molecule has 12 nitrogen and oxygen atoms in total. The van der Waals surface area contributed by atoms with Gasteiger partial charge in [-0.25, -0.2) is 0 Å². The van der Waals surface area contributed by atoms with Gasteiger partial charge in [0, 0.05) is 45.9 Å². The summed E-state index contributed by atoms with van der Waals surface area (Å²) in [7, 11) is 9.29. The van der Waals surface area contributed by atoms with E-state index in [0.717, 1.165) is 0 Å². The van der Waals surface area contributed by atoms with E-state index in [2.05, 4.69) is 0 Å². The van der Waals surface area contributed by atoms with Crippen LogP contribution in [-0.4, -0.2) is 90.2 Å². The first kappa shape index (κ1) is 37.9. The van der Waals surface area contributed by atoms with E-state index >= 15 is 0 Å². The van der Waals surface area contributed by atoms with Crippen LogP contribution >= 0.6 is 0 Å². The molecule has 4 aromatic rings. The zero-order valence-corrected chi connectivity index (χ0v) is 29.8. The van der Waals surface area contributed by atoms with Gasteiger partial charge in [0.05, 0.1) is 91.7 Å². The van der Waals surface area contributed by atoms with E-state index in [-0.39, 0.29) is 38.9 Å². The number of benzene rings is 4. The van der Waals surface area contributed by atoms with Gasteiger partial charge in [0.2, 0.25) is 0 Å². The van der Waals surface area contributed by atoms with Crippen molar-refractivity contribution >= 4 is 33.5 Å². The van der Waals surface area contributed by atoms with Crippen LogP contribution in [0.3, 0.4) is 0 Å².